The number of aromatic nitrogens is 1. The largest absolute Gasteiger partial charge is 0.416 e. The van der Waals surface area contributed by atoms with Gasteiger partial charge in [-0.15, -0.1) is 0 Å². The number of nitrogens with one attached hydrogen (secondary N) is 1. The third-order valence-corrected chi connectivity index (χ3v) is 3.80. The first kappa shape index (κ1) is 14.2. The number of pyridine rings is 1. The Labute approximate surface area is 111 Å². The summed E-state index contributed by atoms with van der Waals surface area (Å²) in [5, 5.41) is 3.15. The second-order valence-corrected chi connectivity index (χ2v) is 5.21. The van der Waals surface area contributed by atoms with Crippen LogP contribution in [0, 0.1) is 5.92 Å². The van der Waals surface area contributed by atoms with Crippen molar-refractivity contribution < 1.29 is 13.2 Å². The van der Waals surface area contributed by atoms with E-state index in [1.54, 1.807) is 0 Å². The first-order valence-corrected chi connectivity index (χ1v) is 6.79. The van der Waals surface area contributed by atoms with E-state index in [2.05, 4.69) is 17.2 Å². The van der Waals surface area contributed by atoms with E-state index in [0.29, 0.717) is 11.7 Å². The zero-order valence-corrected chi connectivity index (χ0v) is 11.0. The fraction of sp³-hybridized carbons (Fsp3) is 0.643. The van der Waals surface area contributed by atoms with Gasteiger partial charge in [0.15, 0.2) is 0 Å². The maximum atomic E-state index is 12.6. The number of halogens is 3. The van der Waals surface area contributed by atoms with Gasteiger partial charge in [-0.2, -0.15) is 13.2 Å². The monoisotopic (exact) mass is 272 g/mol. The molecule has 1 saturated carbocycles. The number of hydrogen-bond donors (Lipinski definition) is 1. The summed E-state index contributed by atoms with van der Waals surface area (Å²) in [6.07, 6.45) is 2.43. The van der Waals surface area contributed by atoms with Crippen LogP contribution in [0.3, 0.4) is 0 Å². The molecular formula is C14H19F3N2. The average Bonchev–Trinajstić information content (AvgIpc) is 2.38. The Morgan fingerprint density at radius 3 is 2.84 bits per heavy atom. The van der Waals surface area contributed by atoms with Crippen molar-refractivity contribution in [2.75, 3.05) is 5.32 Å². The van der Waals surface area contributed by atoms with E-state index < -0.39 is 11.7 Å². The summed E-state index contributed by atoms with van der Waals surface area (Å²) in [6, 6.07) is 2.34. The first-order chi connectivity index (χ1) is 8.99. The Kier molecular flexibility index (Phi) is 4.32. The van der Waals surface area contributed by atoms with E-state index >= 15 is 0 Å². The molecule has 1 N–H and O–H groups in total. The summed E-state index contributed by atoms with van der Waals surface area (Å²) in [4.78, 5) is 3.99. The van der Waals surface area contributed by atoms with Gasteiger partial charge in [-0.3, -0.25) is 0 Å². The molecule has 2 atom stereocenters. The van der Waals surface area contributed by atoms with E-state index in [4.69, 9.17) is 0 Å². The summed E-state index contributed by atoms with van der Waals surface area (Å²) >= 11 is 0. The molecule has 1 aliphatic rings. The van der Waals surface area contributed by atoms with Gasteiger partial charge in [-0.25, -0.2) is 4.98 Å². The average molecular weight is 272 g/mol. The molecule has 2 nitrogen and oxygen atoms in total. The second kappa shape index (κ2) is 5.80. The lowest BCUT2D eigenvalue weighted by Gasteiger charge is -2.29. The molecule has 1 aliphatic carbocycles. The van der Waals surface area contributed by atoms with Crippen molar-refractivity contribution in [1.82, 2.24) is 4.98 Å². The van der Waals surface area contributed by atoms with Crippen molar-refractivity contribution in [1.29, 1.82) is 0 Å². The van der Waals surface area contributed by atoms with Crippen LogP contribution in [-0.4, -0.2) is 11.0 Å². The normalized spacial score (nSPS) is 24.2. The van der Waals surface area contributed by atoms with Crippen LogP contribution in [0.4, 0.5) is 19.0 Å². The van der Waals surface area contributed by atoms with Gasteiger partial charge in [0, 0.05) is 12.2 Å². The summed E-state index contributed by atoms with van der Waals surface area (Å²) < 4.78 is 37.8. The minimum Gasteiger partial charge on any atom is -0.367 e. The highest BCUT2D eigenvalue weighted by molar-refractivity contribution is 5.39. The van der Waals surface area contributed by atoms with Crippen molar-refractivity contribution in [3.8, 4) is 0 Å². The van der Waals surface area contributed by atoms with E-state index in [-0.39, 0.29) is 6.04 Å². The fourth-order valence-electron chi connectivity index (χ4n) is 2.69. The molecule has 1 aromatic rings. The van der Waals surface area contributed by atoms with Crippen molar-refractivity contribution in [3.05, 3.63) is 23.9 Å². The lowest BCUT2D eigenvalue weighted by molar-refractivity contribution is -0.137. The maximum absolute atomic E-state index is 12.6. The quantitative estimate of drug-likeness (QED) is 0.877. The highest BCUT2D eigenvalue weighted by Gasteiger charge is 2.31. The molecule has 0 aromatic carbocycles. The molecular weight excluding hydrogens is 253 g/mol. The maximum Gasteiger partial charge on any atom is 0.416 e. The Bertz CT molecular complexity index is 417. The highest BCUT2D eigenvalue weighted by atomic mass is 19.4. The molecule has 0 spiro atoms. The van der Waals surface area contributed by atoms with Crippen LogP contribution in [0.5, 0.6) is 0 Å². The highest BCUT2D eigenvalue weighted by Crippen LogP contribution is 2.31. The molecule has 2 unspecified atom stereocenters. The lowest BCUT2D eigenvalue weighted by atomic mass is 9.84. The fourth-order valence-corrected chi connectivity index (χ4v) is 2.69. The molecule has 1 fully saturated rings. The molecule has 1 heterocycles. The molecule has 19 heavy (non-hydrogen) atoms. The smallest absolute Gasteiger partial charge is 0.367 e. The van der Waals surface area contributed by atoms with Gasteiger partial charge in [0.25, 0.3) is 0 Å². The van der Waals surface area contributed by atoms with Crippen molar-refractivity contribution in [2.24, 2.45) is 5.92 Å². The third kappa shape index (κ3) is 3.85. The van der Waals surface area contributed by atoms with Gasteiger partial charge >= 0.3 is 6.18 Å². The lowest BCUT2D eigenvalue weighted by Crippen LogP contribution is -2.27. The molecule has 0 aliphatic heterocycles. The third-order valence-electron chi connectivity index (χ3n) is 3.80. The second-order valence-electron chi connectivity index (χ2n) is 5.21. The number of rotatable bonds is 3. The zero-order chi connectivity index (χ0) is 13.9. The molecule has 106 valence electrons. The minimum atomic E-state index is -4.31. The van der Waals surface area contributed by atoms with Crippen molar-refractivity contribution in [3.63, 3.8) is 0 Å². The minimum absolute atomic E-state index is 0.245. The summed E-state index contributed by atoms with van der Waals surface area (Å²) in [6.45, 7) is 2.16. The van der Waals surface area contributed by atoms with Gasteiger partial charge in [-0.05, 0) is 30.9 Å². The molecule has 0 saturated heterocycles. The van der Waals surface area contributed by atoms with Crippen LogP contribution in [0.15, 0.2) is 18.3 Å². The van der Waals surface area contributed by atoms with Crippen LogP contribution in [0.1, 0.15) is 44.6 Å². The topological polar surface area (TPSA) is 24.9 Å². The van der Waals surface area contributed by atoms with E-state index in [1.807, 2.05) is 0 Å². The summed E-state index contributed by atoms with van der Waals surface area (Å²) in [5.74, 6) is 1.01. The number of alkyl halides is 3. The van der Waals surface area contributed by atoms with Gasteiger partial charge in [0.2, 0.25) is 0 Å². The molecule has 0 radical (unpaired) electrons. The van der Waals surface area contributed by atoms with Gasteiger partial charge < -0.3 is 5.32 Å². The summed E-state index contributed by atoms with van der Waals surface area (Å²) in [5.41, 5.74) is -0.646. The summed E-state index contributed by atoms with van der Waals surface area (Å²) in [7, 11) is 0. The Morgan fingerprint density at radius 2 is 2.16 bits per heavy atom. The van der Waals surface area contributed by atoms with E-state index in [0.717, 1.165) is 37.8 Å². The van der Waals surface area contributed by atoms with Crippen molar-refractivity contribution in [2.45, 2.75) is 51.2 Å². The number of nitrogens with zero attached hydrogens (tertiary/aromatic N) is 1. The van der Waals surface area contributed by atoms with Crippen LogP contribution in [0.2, 0.25) is 0 Å². The Hall–Kier alpha value is -1.26. The zero-order valence-electron chi connectivity index (χ0n) is 11.0. The standard InChI is InChI=1S/C14H19F3N2/c1-2-10-4-3-5-12(8-10)19-13-9-11(6-7-18-13)14(15,16)17/h6-7,9-10,12H,2-5,8H2,1H3,(H,18,19). The molecule has 2 rings (SSSR count). The van der Waals surface area contributed by atoms with E-state index in [1.165, 1.54) is 12.6 Å². The van der Waals surface area contributed by atoms with Gasteiger partial charge in [-0.1, -0.05) is 26.2 Å². The Morgan fingerprint density at radius 1 is 1.37 bits per heavy atom. The molecule has 0 amide bonds. The van der Waals surface area contributed by atoms with Crippen LogP contribution >= 0.6 is 0 Å². The first-order valence-electron chi connectivity index (χ1n) is 6.79. The molecule has 0 bridgehead atoms. The van der Waals surface area contributed by atoms with Gasteiger partial charge in [0.05, 0.1) is 5.56 Å². The van der Waals surface area contributed by atoms with Crippen LogP contribution in [0.25, 0.3) is 0 Å². The van der Waals surface area contributed by atoms with E-state index in [9.17, 15) is 13.2 Å². The Balaban J connectivity index is 2.03. The van der Waals surface area contributed by atoms with Crippen molar-refractivity contribution >= 4 is 5.82 Å². The van der Waals surface area contributed by atoms with Crippen LogP contribution < -0.4 is 5.32 Å². The van der Waals surface area contributed by atoms with Crippen LogP contribution in [-0.2, 0) is 6.18 Å². The predicted molar refractivity (Wildman–Crippen MR) is 68.9 cm³/mol. The predicted octanol–water partition coefficient (Wildman–Crippen LogP) is 4.48. The number of hydrogen-bond acceptors (Lipinski definition) is 2. The SMILES string of the molecule is CCC1CCCC(Nc2cc(C(F)(F)F)ccn2)C1. The number of anilines is 1. The molecule has 5 heteroatoms. The van der Waals surface area contributed by atoms with Gasteiger partial charge in [0.1, 0.15) is 5.82 Å². The molecule has 1 aromatic heterocycles.